The quantitative estimate of drug-likeness (QED) is 0.797. The van der Waals surface area contributed by atoms with E-state index >= 15 is 0 Å². The summed E-state index contributed by atoms with van der Waals surface area (Å²) < 4.78 is 32.9. The first-order chi connectivity index (χ1) is 13.8. The average Bonchev–Trinajstić information content (AvgIpc) is 3.40. The predicted molar refractivity (Wildman–Crippen MR) is 96.3 cm³/mol. The topological polar surface area (TPSA) is 75.7 Å². The van der Waals surface area contributed by atoms with Crippen molar-refractivity contribution in [2.75, 3.05) is 39.9 Å². The lowest BCUT2D eigenvalue weighted by Crippen LogP contribution is -2.47. The lowest BCUT2D eigenvalue weighted by molar-refractivity contribution is -0.0401. The Kier molecular flexibility index (Phi) is 4.32. The summed E-state index contributed by atoms with van der Waals surface area (Å²) in [5.41, 5.74) is 0.571. The van der Waals surface area contributed by atoms with Crippen molar-refractivity contribution < 1.29 is 33.2 Å². The molecule has 2 aromatic rings. The van der Waals surface area contributed by atoms with Crippen molar-refractivity contribution in [3.63, 3.8) is 0 Å². The molecule has 0 saturated carbocycles. The molecule has 28 heavy (non-hydrogen) atoms. The summed E-state index contributed by atoms with van der Waals surface area (Å²) in [5, 5.41) is 0. The van der Waals surface area contributed by atoms with Crippen molar-refractivity contribution in [2.24, 2.45) is 0 Å². The van der Waals surface area contributed by atoms with E-state index in [1.807, 2.05) is 12.1 Å². The van der Waals surface area contributed by atoms with Crippen LogP contribution in [0.4, 0.5) is 0 Å². The summed E-state index contributed by atoms with van der Waals surface area (Å²) >= 11 is 0. The van der Waals surface area contributed by atoms with Crippen LogP contribution in [-0.4, -0.2) is 56.8 Å². The van der Waals surface area contributed by atoms with Gasteiger partial charge in [-0.3, -0.25) is 4.79 Å². The van der Waals surface area contributed by atoms with Crippen LogP contribution < -0.4 is 23.7 Å². The number of ether oxygens (including phenoxy) is 6. The van der Waals surface area contributed by atoms with Gasteiger partial charge >= 0.3 is 0 Å². The van der Waals surface area contributed by atoms with Gasteiger partial charge in [0.1, 0.15) is 18.5 Å². The molecule has 1 fully saturated rings. The molecular formula is C20H19NO7. The van der Waals surface area contributed by atoms with Gasteiger partial charge in [0.15, 0.2) is 23.0 Å². The molecule has 0 aromatic heterocycles. The van der Waals surface area contributed by atoms with Gasteiger partial charge in [-0.25, -0.2) is 0 Å². The number of rotatable bonds is 4. The fourth-order valence-electron chi connectivity index (χ4n) is 3.37. The van der Waals surface area contributed by atoms with Crippen molar-refractivity contribution in [1.82, 2.24) is 4.90 Å². The number of hydrogen-bond acceptors (Lipinski definition) is 7. The Bertz CT molecular complexity index is 900. The van der Waals surface area contributed by atoms with Gasteiger partial charge in [-0.1, -0.05) is 0 Å². The average molecular weight is 385 g/mol. The first-order valence-electron chi connectivity index (χ1n) is 9.09. The summed E-state index contributed by atoms with van der Waals surface area (Å²) in [4.78, 5) is 14.6. The number of amides is 1. The molecule has 146 valence electrons. The molecule has 1 unspecified atom stereocenters. The molecule has 1 saturated heterocycles. The number of hydrogen-bond donors (Lipinski definition) is 0. The number of carbonyl (C=O) groups is 1. The van der Waals surface area contributed by atoms with Gasteiger partial charge in [-0.2, -0.15) is 0 Å². The first kappa shape index (κ1) is 17.0. The highest BCUT2D eigenvalue weighted by atomic mass is 16.7. The zero-order valence-electron chi connectivity index (χ0n) is 15.1. The second kappa shape index (κ2) is 7.12. The highest BCUT2D eigenvalue weighted by molar-refractivity contribution is 5.95. The Labute approximate surface area is 161 Å². The van der Waals surface area contributed by atoms with Gasteiger partial charge in [0, 0.05) is 18.2 Å². The number of benzene rings is 2. The van der Waals surface area contributed by atoms with Gasteiger partial charge in [-0.15, -0.1) is 0 Å². The van der Waals surface area contributed by atoms with Crippen molar-refractivity contribution in [2.45, 2.75) is 6.10 Å². The highest BCUT2D eigenvalue weighted by Gasteiger charge is 2.27. The molecule has 0 radical (unpaired) electrons. The minimum absolute atomic E-state index is 0.0605. The maximum atomic E-state index is 12.9. The lowest BCUT2D eigenvalue weighted by atomic mass is 10.1. The molecule has 0 N–H and O–H groups in total. The van der Waals surface area contributed by atoms with Gasteiger partial charge < -0.3 is 33.3 Å². The standard InChI is InChI=1S/C20H19NO7/c22-20(13-1-3-16-18(7-13)27-11-25-16)21-5-6-23-15(9-21)10-24-14-2-4-17-19(8-14)28-12-26-17/h1-4,7-8,15H,5-6,9-12H2. The summed E-state index contributed by atoms with van der Waals surface area (Å²) in [6, 6.07) is 10.7. The van der Waals surface area contributed by atoms with Crippen LogP contribution >= 0.6 is 0 Å². The maximum Gasteiger partial charge on any atom is 0.254 e. The van der Waals surface area contributed by atoms with E-state index in [0.717, 1.165) is 0 Å². The minimum atomic E-state index is -0.211. The summed E-state index contributed by atoms with van der Waals surface area (Å²) in [6.07, 6.45) is -0.211. The lowest BCUT2D eigenvalue weighted by Gasteiger charge is -2.33. The second-order valence-electron chi connectivity index (χ2n) is 6.64. The van der Waals surface area contributed by atoms with Crippen LogP contribution in [0.2, 0.25) is 0 Å². The SMILES string of the molecule is O=C(c1ccc2c(c1)OCO2)N1CCOC(COc2ccc3c(c2)OCO3)C1. The largest absolute Gasteiger partial charge is 0.491 e. The van der Waals surface area contributed by atoms with E-state index in [-0.39, 0.29) is 25.6 Å². The molecule has 0 bridgehead atoms. The number of fused-ring (bicyclic) bond motifs is 2. The molecular weight excluding hydrogens is 366 g/mol. The van der Waals surface area contributed by atoms with Crippen molar-refractivity contribution in [1.29, 1.82) is 0 Å². The Morgan fingerprint density at radius 1 is 0.964 bits per heavy atom. The minimum Gasteiger partial charge on any atom is -0.491 e. The van der Waals surface area contributed by atoms with E-state index < -0.39 is 0 Å². The van der Waals surface area contributed by atoms with Crippen LogP contribution in [0.15, 0.2) is 36.4 Å². The van der Waals surface area contributed by atoms with Crippen LogP contribution in [-0.2, 0) is 4.74 Å². The third-order valence-electron chi connectivity index (χ3n) is 4.83. The summed E-state index contributed by atoms with van der Waals surface area (Å²) in [5.74, 6) is 3.25. The van der Waals surface area contributed by atoms with Crippen molar-refractivity contribution in [3.05, 3.63) is 42.0 Å². The van der Waals surface area contributed by atoms with E-state index in [9.17, 15) is 4.79 Å². The molecule has 8 nitrogen and oxygen atoms in total. The molecule has 3 aliphatic heterocycles. The normalized spacial score (nSPS) is 19.6. The number of nitrogens with zero attached hydrogens (tertiary/aromatic N) is 1. The van der Waals surface area contributed by atoms with E-state index in [4.69, 9.17) is 28.4 Å². The first-order valence-corrected chi connectivity index (χ1v) is 9.09. The molecule has 0 spiro atoms. The van der Waals surface area contributed by atoms with Gasteiger partial charge in [0.2, 0.25) is 13.6 Å². The van der Waals surface area contributed by atoms with E-state index in [1.54, 1.807) is 29.2 Å². The predicted octanol–water partition coefficient (Wildman–Crippen LogP) is 2.06. The van der Waals surface area contributed by atoms with Gasteiger partial charge in [0.05, 0.1) is 13.2 Å². The molecule has 2 aromatic carbocycles. The number of morpholine rings is 1. The molecule has 1 atom stereocenters. The summed E-state index contributed by atoms with van der Waals surface area (Å²) in [7, 11) is 0. The Balaban J connectivity index is 1.20. The Morgan fingerprint density at radius 2 is 1.68 bits per heavy atom. The molecule has 0 aliphatic carbocycles. The van der Waals surface area contributed by atoms with E-state index in [0.29, 0.717) is 60.6 Å². The van der Waals surface area contributed by atoms with Gasteiger partial charge in [-0.05, 0) is 30.3 Å². The molecule has 8 heteroatoms. The maximum absolute atomic E-state index is 12.9. The molecule has 3 heterocycles. The smallest absolute Gasteiger partial charge is 0.254 e. The highest BCUT2D eigenvalue weighted by Crippen LogP contribution is 2.35. The van der Waals surface area contributed by atoms with Gasteiger partial charge in [0.25, 0.3) is 5.91 Å². The van der Waals surface area contributed by atoms with Crippen molar-refractivity contribution >= 4 is 5.91 Å². The Morgan fingerprint density at radius 3 is 2.50 bits per heavy atom. The summed E-state index contributed by atoms with van der Waals surface area (Å²) in [6.45, 7) is 2.20. The van der Waals surface area contributed by atoms with Crippen LogP contribution in [0.3, 0.4) is 0 Å². The molecule has 3 aliphatic rings. The molecule has 1 amide bonds. The molecule has 5 rings (SSSR count). The zero-order valence-corrected chi connectivity index (χ0v) is 15.1. The van der Waals surface area contributed by atoms with E-state index in [1.165, 1.54) is 0 Å². The van der Waals surface area contributed by atoms with Crippen LogP contribution in [0.25, 0.3) is 0 Å². The third-order valence-corrected chi connectivity index (χ3v) is 4.83. The van der Waals surface area contributed by atoms with Crippen LogP contribution in [0.5, 0.6) is 28.7 Å². The zero-order chi connectivity index (χ0) is 18.9. The van der Waals surface area contributed by atoms with Crippen LogP contribution in [0, 0.1) is 0 Å². The fourth-order valence-corrected chi connectivity index (χ4v) is 3.37. The second-order valence-corrected chi connectivity index (χ2v) is 6.64. The monoisotopic (exact) mass is 385 g/mol. The number of carbonyl (C=O) groups excluding carboxylic acids is 1. The van der Waals surface area contributed by atoms with Crippen LogP contribution in [0.1, 0.15) is 10.4 Å². The van der Waals surface area contributed by atoms with Crippen molar-refractivity contribution in [3.8, 4) is 28.7 Å². The third kappa shape index (κ3) is 3.27. The van der Waals surface area contributed by atoms with E-state index in [2.05, 4.69) is 0 Å². The Hall–Kier alpha value is -3.13. The fraction of sp³-hybridized carbons (Fsp3) is 0.350.